The van der Waals surface area contributed by atoms with Crippen molar-refractivity contribution in [2.45, 2.75) is 32.6 Å². The van der Waals surface area contributed by atoms with Crippen molar-refractivity contribution >= 4 is 5.97 Å². The minimum atomic E-state index is -0.828. The first-order chi connectivity index (χ1) is 8.42. The van der Waals surface area contributed by atoms with Crippen LogP contribution >= 0.6 is 0 Å². The second-order valence-corrected chi connectivity index (χ2v) is 4.72. The van der Waals surface area contributed by atoms with Gasteiger partial charge in [-0.15, -0.1) is 0 Å². The van der Waals surface area contributed by atoms with Gasteiger partial charge in [-0.1, -0.05) is 26.0 Å². The van der Waals surface area contributed by atoms with E-state index in [4.69, 9.17) is 14.6 Å². The topological polar surface area (TPSA) is 55.8 Å². The molecule has 0 amide bonds. The largest absolute Gasteiger partial charge is 0.493 e. The fourth-order valence-electron chi connectivity index (χ4n) is 1.98. The Labute approximate surface area is 108 Å². The third kappa shape index (κ3) is 3.15. The Morgan fingerprint density at radius 3 is 2.56 bits per heavy atom. The van der Waals surface area contributed by atoms with E-state index in [-0.39, 0.29) is 6.42 Å². The van der Waals surface area contributed by atoms with E-state index in [0.29, 0.717) is 18.1 Å². The van der Waals surface area contributed by atoms with Gasteiger partial charge in [0.15, 0.2) is 11.5 Å². The van der Waals surface area contributed by atoms with Crippen LogP contribution in [0.5, 0.6) is 11.5 Å². The number of hydrogen-bond acceptors (Lipinski definition) is 3. The molecule has 4 nitrogen and oxygen atoms in total. The van der Waals surface area contributed by atoms with Crippen LogP contribution in [0.15, 0.2) is 18.2 Å². The molecule has 0 aliphatic carbocycles. The maximum absolute atomic E-state index is 10.9. The molecule has 0 bridgehead atoms. The van der Waals surface area contributed by atoms with Crippen LogP contribution in [-0.2, 0) is 10.2 Å². The van der Waals surface area contributed by atoms with E-state index in [1.165, 1.54) is 0 Å². The molecule has 18 heavy (non-hydrogen) atoms. The highest BCUT2D eigenvalue weighted by molar-refractivity contribution is 5.69. The van der Waals surface area contributed by atoms with Crippen molar-refractivity contribution in [3.05, 3.63) is 23.8 Å². The lowest BCUT2D eigenvalue weighted by Crippen LogP contribution is -2.22. The fraction of sp³-hybridized carbons (Fsp3) is 0.500. The highest BCUT2D eigenvalue weighted by Crippen LogP contribution is 2.40. The van der Waals surface area contributed by atoms with Gasteiger partial charge >= 0.3 is 5.97 Å². The summed E-state index contributed by atoms with van der Waals surface area (Å²) in [4.78, 5) is 10.9. The molecule has 0 unspecified atom stereocenters. The van der Waals surface area contributed by atoms with Gasteiger partial charge < -0.3 is 14.6 Å². The Hall–Kier alpha value is -1.71. The van der Waals surface area contributed by atoms with Crippen molar-refractivity contribution in [2.75, 3.05) is 13.7 Å². The Morgan fingerprint density at radius 1 is 1.39 bits per heavy atom. The molecule has 4 heteroatoms. The number of carbonyl (C=O) groups is 1. The molecule has 1 aromatic rings. The number of carboxylic acid groups (broad SMARTS) is 1. The first-order valence-corrected chi connectivity index (χ1v) is 5.94. The fourth-order valence-corrected chi connectivity index (χ4v) is 1.98. The molecule has 0 aromatic heterocycles. The van der Waals surface area contributed by atoms with E-state index >= 15 is 0 Å². The summed E-state index contributed by atoms with van der Waals surface area (Å²) in [5.41, 5.74) is 0.344. The van der Waals surface area contributed by atoms with Gasteiger partial charge in [-0.3, -0.25) is 4.79 Å². The van der Waals surface area contributed by atoms with E-state index in [9.17, 15) is 4.79 Å². The third-order valence-electron chi connectivity index (χ3n) is 2.81. The molecular formula is C14H20O4. The molecule has 0 spiro atoms. The van der Waals surface area contributed by atoms with Gasteiger partial charge in [0, 0.05) is 11.0 Å². The van der Waals surface area contributed by atoms with Crippen molar-refractivity contribution in [2.24, 2.45) is 0 Å². The summed E-state index contributed by atoms with van der Waals surface area (Å²) in [6.45, 7) is 6.17. The standard InChI is InChI=1S/C14H20O4/c1-5-18-13-10(7-6-8-11(13)17-4)14(2,3)9-12(15)16/h6-8H,5,9H2,1-4H3,(H,15,16). The Morgan fingerprint density at radius 2 is 2.06 bits per heavy atom. The van der Waals surface area contributed by atoms with Crippen LogP contribution in [0.4, 0.5) is 0 Å². The molecule has 0 saturated heterocycles. The molecule has 0 fully saturated rings. The summed E-state index contributed by atoms with van der Waals surface area (Å²) < 4.78 is 10.9. The Balaban J connectivity index is 3.25. The van der Waals surface area contributed by atoms with E-state index in [1.807, 2.05) is 39.0 Å². The lowest BCUT2D eigenvalue weighted by Gasteiger charge is -2.26. The highest BCUT2D eigenvalue weighted by Gasteiger charge is 2.29. The molecule has 0 heterocycles. The van der Waals surface area contributed by atoms with Crippen molar-refractivity contribution in [1.29, 1.82) is 0 Å². The highest BCUT2D eigenvalue weighted by atomic mass is 16.5. The monoisotopic (exact) mass is 252 g/mol. The minimum absolute atomic E-state index is 0.0419. The molecule has 1 N–H and O–H groups in total. The van der Waals surface area contributed by atoms with Crippen LogP contribution in [0.1, 0.15) is 32.8 Å². The molecule has 0 aliphatic rings. The second kappa shape index (κ2) is 5.76. The zero-order valence-corrected chi connectivity index (χ0v) is 11.3. The summed E-state index contributed by atoms with van der Waals surface area (Å²) in [5.74, 6) is 0.437. The van der Waals surface area contributed by atoms with Crippen molar-refractivity contribution in [3.63, 3.8) is 0 Å². The van der Waals surface area contributed by atoms with Crippen LogP contribution < -0.4 is 9.47 Å². The SMILES string of the molecule is CCOc1c(OC)cccc1C(C)(C)CC(=O)O. The van der Waals surface area contributed by atoms with Crippen LogP contribution in [0, 0.1) is 0 Å². The maximum Gasteiger partial charge on any atom is 0.304 e. The van der Waals surface area contributed by atoms with E-state index in [1.54, 1.807) is 7.11 Å². The molecule has 100 valence electrons. The summed E-state index contributed by atoms with van der Waals surface area (Å²) >= 11 is 0. The number of ether oxygens (including phenoxy) is 2. The van der Waals surface area contributed by atoms with Gasteiger partial charge in [0.05, 0.1) is 20.1 Å². The van der Waals surface area contributed by atoms with Gasteiger partial charge in [-0.2, -0.15) is 0 Å². The average molecular weight is 252 g/mol. The molecule has 0 saturated carbocycles. The molecule has 1 aromatic carbocycles. The van der Waals surface area contributed by atoms with E-state index < -0.39 is 11.4 Å². The minimum Gasteiger partial charge on any atom is -0.493 e. The molecule has 0 atom stereocenters. The Bertz CT molecular complexity index is 424. The third-order valence-corrected chi connectivity index (χ3v) is 2.81. The average Bonchev–Trinajstić information content (AvgIpc) is 2.27. The number of rotatable bonds is 6. The lowest BCUT2D eigenvalue weighted by molar-refractivity contribution is -0.138. The second-order valence-electron chi connectivity index (χ2n) is 4.72. The first-order valence-electron chi connectivity index (χ1n) is 5.94. The van der Waals surface area contributed by atoms with E-state index in [0.717, 1.165) is 5.56 Å². The molecule has 1 rings (SSSR count). The molecular weight excluding hydrogens is 232 g/mol. The number of aliphatic carboxylic acids is 1. The van der Waals surface area contributed by atoms with E-state index in [2.05, 4.69) is 0 Å². The zero-order chi connectivity index (χ0) is 13.8. The van der Waals surface area contributed by atoms with Crippen LogP contribution in [0.3, 0.4) is 0 Å². The van der Waals surface area contributed by atoms with Gasteiger partial charge in [0.1, 0.15) is 0 Å². The number of hydrogen-bond donors (Lipinski definition) is 1. The van der Waals surface area contributed by atoms with Gasteiger partial charge in [-0.25, -0.2) is 0 Å². The first kappa shape index (κ1) is 14.4. The summed E-state index contributed by atoms with van der Waals surface area (Å²) in [7, 11) is 1.58. The molecule has 0 radical (unpaired) electrons. The predicted octanol–water partition coefficient (Wildman–Crippen LogP) is 2.85. The van der Waals surface area contributed by atoms with Gasteiger partial charge in [0.25, 0.3) is 0 Å². The van der Waals surface area contributed by atoms with Crippen molar-refractivity contribution in [1.82, 2.24) is 0 Å². The maximum atomic E-state index is 10.9. The predicted molar refractivity (Wildman–Crippen MR) is 69.4 cm³/mol. The summed E-state index contributed by atoms with van der Waals surface area (Å²) in [6, 6.07) is 5.54. The van der Waals surface area contributed by atoms with Crippen LogP contribution in [0.25, 0.3) is 0 Å². The van der Waals surface area contributed by atoms with Crippen molar-refractivity contribution in [3.8, 4) is 11.5 Å². The summed E-state index contributed by atoms with van der Waals surface area (Å²) in [5, 5.41) is 8.99. The van der Waals surface area contributed by atoms with Gasteiger partial charge in [-0.05, 0) is 13.0 Å². The number of para-hydroxylation sites is 1. The Kier molecular flexibility index (Phi) is 4.59. The number of methoxy groups -OCH3 is 1. The van der Waals surface area contributed by atoms with Gasteiger partial charge in [0.2, 0.25) is 0 Å². The van der Waals surface area contributed by atoms with Crippen LogP contribution in [0.2, 0.25) is 0 Å². The lowest BCUT2D eigenvalue weighted by atomic mass is 9.81. The quantitative estimate of drug-likeness (QED) is 0.845. The number of benzene rings is 1. The normalized spacial score (nSPS) is 11.1. The van der Waals surface area contributed by atoms with Crippen LogP contribution in [-0.4, -0.2) is 24.8 Å². The number of carboxylic acids is 1. The smallest absolute Gasteiger partial charge is 0.304 e. The van der Waals surface area contributed by atoms with Crippen molar-refractivity contribution < 1.29 is 19.4 Å². The molecule has 0 aliphatic heterocycles. The summed E-state index contributed by atoms with van der Waals surface area (Å²) in [6.07, 6.45) is 0.0419. The zero-order valence-electron chi connectivity index (χ0n) is 11.3.